The first-order valence-electron chi connectivity index (χ1n) is 46.0. The molecule has 22 aromatic rings. The molecule has 17 aromatic heterocycles. The van der Waals surface area contributed by atoms with Gasteiger partial charge in [0.2, 0.25) is 29.7 Å². The molecule has 728 valence electrons. The summed E-state index contributed by atoms with van der Waals surface area (Å²) in [6, 6.07) is 55.1. The van der Waals surface area contributed by atoms with E-state index in [0.29, 0.717) is 109 Å². The highest BCUT2D eigenvalue weighted by Crippen LogP contribution is 2.36. The molecule has 0 atom stereocenters. The third kappa shape index (κ3) is 23.2. The van der Waals surface area contributed by atoms with Gasteiger partial charge in [0.25, 0.3) is 11.1 Å². The molecule has 2 aliphatic rings. The van der Waals surface area contributed by atoms with Gasteiger partial charge in [-0.3, -0.25) is 92.0 Å². The van der Waals surface area contributed by atoms with E-state index in [2.05, 4.69) is 167 Å². The first-order chi connectivity index (χ1) is 70.1. The summed E-state index contributed by atoms with van der Waals surface area (Å²) >= 11 is 4.60. The number of aryl methyl sites for hydroxylation is 5. The van der Waals surface area contributed by atoms with Crippen molar-refractivity contribution < 1.29 is 14.3 Å². The zero-order valence-corrected chi connectivity index (χ0v) is 81.4. The largest absolute Gasteiger partial charge is 0.379 e. The van der Waals surface area contributed by atoms with Crippen LogP contribution in [0, 0.1) is 34.6 Å². The average molecular weight is 1980 g/mol. The summed E-state index contributed by atoms with van der Waals surface area (Å²) in [5, 5.41) is 69.7. The van der Waals surface area contributed by atoms with Crippen LogP contribution in [0.25, 0.3) is 50.0 Å². The van der Waals surface area contributed by atoms with Crippen LogP contribution in [-0.2, 0) is 40.1 Å². The number of hydrogen-bond acceptors (Lipinski definition) is 32. The molecular formula is C98H98N38O5S3. The number of aromatic amines is 9. The van der Waals surface area contributed by atoms with Crippen molar-refractivity contribution in [2.45, 2.75) is 96.6 Å². The Morgan fingerprint density at radius 3 is 1.24 bits per heavy atom. The number of morpholine rings is 1. The topological polar surface area (TPSA) is 517 Å². The van der Waals surface area contributed by atoms with E-state index in [4.69, 9.17) is 24.7 Å². The summed E-state index contributed by atoms with van der Waals surface area (Å²) in [5.41, 5.74) is 15.7. The third-order valence-electron chi connectivity index (χ3n) is 23.1. The maximum atomic E-state index is 12.4. The number of aromatic nitrogens is 29. The molecule has 1 fully saturated rings. The number of nitrogens with one attached hydrogen (secondary N) is 15. The van der Waals surface area contributed by atoms with Crippen LogP contribution < -0.4 is 47.9 Å². The van der Waals surface area contributed by atoms with Crippen molar-refractivity contribution in [3.8, 4) is 0 Å². The molecule has 2 aliphatic heterocycles. The molecule has 0 aliphatic carbocycles. The Kier molecular flexibility index (Phi) is 28.0. The van der Waals surface area contributed by atoms with Gasteiger partial charge in [-0.2, -0.15) is 35.5 Å². The van der Waals surface area contributed by atoms with Crippen LogP contribution in [-0.4, -0.2) is 225 Å². The minimum atomic E-state index is -0.144. The summed E-state index contributed by atoms with van der Waals surface area (Å²) < 4.78 is 14.7. The summed E-state index contributed by atoms with van der Waals surface area (Å²) in [4.78, 5) is 103. The molecular weight excluding hydrogens is 1890 g/mol. The normalized spacial score (nSPS) is 12.5. The van der Waals surface area contributed by atoms with Crippen LogP contribution in [0.2, 0.25) is 0 Å². The van der Waals surface area contributed by atoms with E-state index in [-0.39, 0.29) is 22.7 Å². The van der Waals surface area contributed by atoms with Crippen LogP contribution >= 0.6 is 35.3 Å². The fourth-order valence-corrected chi connectivity index (χ4v) is 18.5. The first kappa shape index (κ1) is 94.3. The fourth-order valence-electron chi connectivity index (χ4n) is 16.0. The van der Waals surface area contributed by atoms with E-state index in [1.54, 1.807) is 66.6 Å². The Balaban J connectivity index is 0.000000110. The zero-order chi connectivity index (χ0) is 98.7. The molecule has 144 heavy (non-hydrogen) atoms. The molecule has 24 rings (SSSR count). The van der Waals surface area contributed by atoms with Crippen molar-refractivity contribution in [2.24, 2.45) is 0 Å². The number of nitrogens with zero attached hydrogens (tertiary/aromatic N) is 23. The zero-order valence-electron chi connectivity index (χ0n) is 79.0. The van der Waals surface area contributed by atoms with Gasteiger partial charge in [0.15, 0.2) is 34.9 Å². The van der Waals surface area contributed by atoms with Crippen molar-refractivity contribution in [1.82, 2.24) is 153 Å². The Labute approximate surface area is 832 Å². The van der Waals surface area contributed by atoms with Crippen molar-refractivity contribution >= 4 is 173 Å². The molecule has 46 heteroatoms. The lowest BCUT2D eigenvalue weighted by Crippen LogP contribution is -2.39. The van der Waals surface area contributed by atoms with Gasteiger partial charge in [0.05, 0.1) is 41.6 Å². The van der Waals surface area contributed by atoms with Crippen LogP contribution in [0.5, 0.6) is 0 Å². The van der Waals surface area contributed by atoms with E-state index in [9.17, 15) is 19.2 Å². The third-order valence-corrected chi connectivity index (χ3v) is 25.9. The summed E-state index contributed by atoms with van der Waals surface area (Å²) in [6.45, 7) is 15.9. The van der Waals surface area contributed by atoms with Gasteiger partial charge >= 0.3 is 0 Å². The quantitative estimate of drug-likeness (QED) is 0.0203. The first-order valence-corrected chi connectivity index (χ1v) is 48.5. The summed E-state index contributed by atoms with van der Waals surface area (Å²) in [5.74, 6) is 8.70. The van der Waals surface area contributed by atoms with Crippen LogP contribution in [0.15, 0.2) is 271 Å². The minimum Gasteiger partial charge on any atom is -0.379 e. The maximum absolute atomic E-state index is 12.4. The lowest BCUT2D eigenvalue weighted by Gasteiger charge is -2.30. The fraction of sp³-hybridized carbons (Fsp3) is 0.194. The predicted molar refractivity (Wildman–Crippen MR) is 553 cm³/mol. The van der Waals surface area contributed by atoms with Crippen molar-refractivity contribution in [1.29, 1.82) is 0 Å². The van der Waals surface area contributed by atoms with Gasteiger partial charge < -0.3 is 46.4 Å². The summed E-state index contributed by atoms with van der Waals surface area (Å²) in [7, 11) is 3.95. The SMILES string of the molecule is Cc1cc(Nc2nc(N3CCc4ccccc4C3)cc3nccn23)n[nH]1.Cc1cc(Nc2nc(Nc3ccc4c(=O)[nH][nH]c4c3)cc3nccn23)n[nH]1.Cc1cc(Nc2nc(Sc3ccc(CC(=O)CCN(C)C)cc3)cc3nccn23)n[nH]1.Cc1cc(Nc2nc(Sc3ccc(CC(=O)CN4CCOCC4)cc3)cc3nccn23)n[nH]1.Cc1cc(Nc2nc(Sc3ccc4c(=O)[nH][nH]c4c3)cc3nccn23)n[nH]1. The van der Waals surface area contributed by atoms with E-state index in [1.807, 2.05) is 240 Å². The monoisotopic (exact) mass is 1980 g/mol. The van der Waals surface area contributed by atoms with Gasteiger partial charge in [-0.05, 0) is 138 Å². The molecule has 43 nitrogen and oxygen atoms in total. The van der Waals surface area contributed by atoms with Crippen molar-refractivity contribution in [3.05, 3.63) is 303 Å². The van der Waals surface area contributed by atoms with Gasteiger partial charge in [0, 0.05) is 223 Å². The number of benzene rings is 5. The van der Waals surface area contributed by atoms with Gasteiger partial charge in [-0.25, -0.2) is 39.9 Å². The number of imidazole rings is 5. The predicted octanol–water partition coefficient (Wildman–Crippen LogP) is 15.1. The van der Waals surface area contributed by atoms with Gasteiger partial charge in [0.1, 0.15) is 60.7 Å². The van der Waals surface area contributed by atoms with Crippen molar-refractivity contribution in [3.63, 3.8) is 0 Å². The molecule has 1 saturated heterocycles. The second kappa shape index (κ2) is 42.8. The molecule has 0 amide bonds. The Hall–Kier alpha value is -17.3. The minimum absolute atomic E-state index is 0.126. The molecule has 19 heterocycles. The number of Topliss-reactive ketones (excluding diaryl/α,β-unsaturated/α-hetero) is 2. The molecule has 5 aromatic carbocycles. The number of ether oxygens (including phenoxy) is 1. The maximum Gasteiger partial charge on any atom is 0.271 e. The molecule has 0 saturated carbocycles. The van der Waals surface area contributed by atoms with Crippen LogP contribution in [0.3, 0.4) is 0 Å². The smallest absolute Gasteiger partial charge is 0.271 e. The molecule has 0 bridgehead atoms. The highest BCUT2D eigenvalue weighted by atomic mass is 32.2. The van der Waals surface area contributed by atoms with Gasteiger partial charge in [-0.1, -0.05) is 83.8 Å². The molecule has 0 radical (unpaired) electrons. The second-order valence-electron chi connectivity index (χ2n) is 34.4. The van der Waals surface area contributed by atoms with Crippen LogP contribution in [0.4, 0.5) is 76.2 Å². The number of rotatable bonds is 28. The molecule has 0 unspecified atom stereocenters. The Bertz CT molecular complexity index is 8200. The summed E-state index contributed by atoms with van der Waals surface area (Å²) in [6.07, 6.45) is 20.5. The van der Waals surface area contributed by atoms with E-state index in [0.717, 1.165) is 165 Å². The molecule has 15 N–H and O–H groups in total. The average Bonchev–Trinajstić information content (AvgIpc) is 1.49. The number of carbonyl (C=O) groups is 2. The number of anilines is 13. The van der Waals surface area contributed by atoms with Crippen LogP contribution in [0.1, 0.15) is 57.1 Å². The standard InChI is InChI=1S/C23H25N7O2S.C22H25N7OS.C19H19N7.C17H15N9O.C17H14N8OS/c1-16-12-20(28-27-16)25-23-26-22(14-21-24-6-7-30(21)23)33-19-4-2-17(3-5-19)13-18(31)15-29-8-10-32-11-9-29;1-15-12-19(27-26-15)24-22-25-21(14-20-23-9-11-29(20)22)31-18-6-4-16(5-7-18)13-17(30)8-10-28(2)3;1-13-10-16(24-23-13)21-19-22-18(11-17-20-7-9-26(17)19)25-8-6-14-4-2-3-5-15(14)12-25;1-9-6-14(24-22-9)21-17-20-13(8-15-18-4-5-26(15)17)19-10-2-3-11-12(7-10)23-25-16(11)27;1-9-6-13(23-21-9)19-17-20-15(8-14-18-4-5-25(14)17)27-10-2-3-11-12(7-10)22-24-16(11)26/h2-7,12,14H,8-11,13,15H2,1H3,(H2,25,26,27,28);4-7,9,11-12,14H,8,10,13H2,1-3H3,(H2,24,25,26,27);2-5,7,9-11H,6,8,12H2,1H3,(H2,21,22,23,24);2-8,19H,1H3,(H2,23,25,27)(H2,20,21,22,24);2-8H,1H3,(H2,22,24,26)(H2,19,20,21,23). The van der Waals surface area contributed by atoms with E-state index < -0.39 is 0 Å². The number of carbonyl (C=O) groups excluding carboxylic acids is 2. The van der Waals surface area contributed by atoms with E-state index in [1.165, 1.54) is 22.9 Å². The lowest BCUT2D eigenvalue weighted by atomic mass is 10.00. The second-order valence-corrected chi connectivity index (χ2v) is 37.7. The lowest BCUT2D eigenvalue weighted by molar-refractivity contribution is -0.120. The Morgan fingerprint density at radius 1 is 0.396 bits per heavy atom. The number of hydrogen-bond donors (Lipinski definition) is 15. The Morgan fingerprint density at radius 2 is 0.792 bits per heavy atom. The number of fused-ring (bicyclic) bond motifs is 8. The van der Waals surface area contributed by atoms with Crippen molar-refractivity contribution in [2.75, 3.05) is 96.8 Å². The number of H-pyrrole nitrogens is 9. The highest BCUT2D eigenvalue weighted by molar-refractivity contribution is 7.99. The highest BCUT2D eigenvalue weighted by Gasteiger charge is 2.23. The van der Waals surface area contributed by atoms with E-state index >= 15 is 0 Å². The number of ketones is 2. The molecule has 0 spiro atoms. The van der Waals surface area contributed by atoms with Gasteiger partial charge in [-0.15, -0.1) is 0 Å².